The van der Waals surface area contributed by atoms with E-state index in [2.05, 4.69) is 31.4 Å². The average Bonchev–Trinajstić information content (AvgIpc) is 2.44. The van der Waals surface area contributed by atoms with E-state index in [1.165, 1.54) is 37.2 Å². The standard InChI is InChI=1S/C16H23N3S/c1-11-5-7-18(8-6-11)10-19-14(4)12(2)13(3)15(9-17)16(19)20/h11H,5-8,10H2,1-4H3/p+1. The molecule has 1 aliphatic heterocycles. The molecule has 0 amide bonds. The first-order chi connectivity index (χ1) is 9.45. The number of pyridine rings is 1. The lowest BCUT2D eigenvalue weighted by atomic mass is 9.99. The zero-order valence-corrected chi connectivity index (χ0v) is 13.7. The molecule has 108 valence electrons. The van der Waals surface area contributed by atoms with Gasteiger partial charge >= 0.3 is 0 Å². The Kier molecular flexibility index (Phi) is 4.62. The third-order valence-corrected chi connectivity index (χ3v) is 5.24. The van der Waals surface area contributed by atoms with Gasteiger partial charge in [-0.1, -0.05) is 19.1 Å². The predicted molar refractivity (Wildman–Crippen MR) is 83.3 cm³/mol. The molecule has 0 bridgehead atoms. The van der Waals surface area contributed by atoms with Crippen LogP contribution < -0.4 is 4.90 Å². The van der Waals surface area contributed by atoms with Crippen LogP contribution in [0, 0.1) is 42.7 Å². The molecule has 0 unspecified atom stereocenters. The van der Waals surface area contributed by atoms with E-state index in [1.807, 2.05) is 6.92 Å². The number of aromatic nitrogens is 1. The van der Waals surface area contributed by atoms with Gasteiger partial charge in [-0.25, -0.2) is 0 Å². The van der Waals surface area contributed by atoms with Crippen molar-refractivity contribution in [2.45, 2.75) is 47.2 Å². The fourth-order valence-corrected chi connectivity index (χ4v) is 3.38. The van der Waals surface area contributed by atoms with Crippen molar-refractivity contribution in [2.75, 3.05) is 13.1 Å². The monoisotopic (exact) mass is 290 g/mol. The topological polar surface area (TPSA) is 33.2 Å². The largest absolute Gasteiger partial charge is 0.318 e. The fourth-order valence-electron chi connectivity index (χ4n) is 2.98. The van der Waals surface area contributed by atoms with Crippen molar-refractivity contribution in [1.82, 2.24) is 4.57 Å². The van der Waals surface area contributed by atoms with Crippen molar-refractivity contribution in [1.29, 1.82) is 5.26 Å². The molecule has 1 saturated heterocycles. The molecule has 0 radical (unpaired) electrons. The molecule has 1 N–H and O–H groups in total. The molecule has 1 fully saturated rings. The molecule has 3 nitrogen and oxygen atoms in total. The van der Waals surface area contributed by atoms with E-state index in [0.29, 0.717) is 10.2 Å². The molecule has 0 atom stereocenters. The lowest BCUT2D eigenvalue weighted by Gasteiger charge is -2.29. The van der Waals surface area contributed by atoms with E-state index in [4.69, 9.17) is 12.2 Å². The molecule has 0 aromatic carbocycles. The zero-order chi connectivity index (χ0) is 14.9. The van der Waals surface area contributed by atoms with Crippen LogP contribution in [0.2, 0.25) is 0 Å². The second-order valence-corrected chi connectivity index (χ2v) is 6.53. The van der Waals surface area contributed by atoms with E-state index in [0.717, 1.165) is 18.2 Å². The van der Waals surface area contributed by atoms with E-state index in [1.54, 1.807) is 4.90 Å². The van der Waals surface area contributed by atoms with Gasteiger partial charge in [-0.2, -0.15) is 5.26 Å². The molecule has 0 aliphatic carbocycles. The summed E-state index contributed by atoms with van der Waals surface area (Å²) in [5.74, 6) is 0.849. The summed E-state index contributed by atoms with van der Waals surface area (Å²) in [7, 11) is 0. The molecule has 20 heavy (non-hydrogen) atoms. The van der Waals surface area contributed by atoms with Gasteiger partial charge in [0, 0.05) is 5.69 Å². The molecule has 1 aliphatic rings. The molecule has 2 heterocycles. The van der Waals surface area contributed by atoms with Crippen LogP contribution >= 0.6 is 12.2 Å². The van der Waals surface area contributed by atoms with Crippen molar-refractivity contribution in [3.05, 3.63) is 27.0 Å². The SMILES string of the molecule is Cc1c(C)c(C)n(C[NH+]2CCC(C)CC2)c(=S)c1C#N. The van der Waals surface area contributed by atoms with Crippen molar-refractivity contribution in [3.8, 4) is 6.07 Å². The highest BCUT2D eigenvalue weighted by Gasteiger charge is 2.21. The third kappa shape index (κ3) is 2.79. The average molecular weight is 290 g/mol. The van der Waals surface area contributed by atoms with E-state index < -0.39 is 0 Å². The van der Waals surface area contributed by atoms with Crippen LogP contribution in [-0.2, 0) is 6.67 Å². The summed E-state index contributed by atoms with van der Waals surface area (Å²) in [6, 6.07) is 2.28. The Bertz CT molecular complexity index is 602. The molecule has 0 saturated carbocycles. The molecule has 1 aromatic rings. The molecule has 2 rings (SSSR count). The molecule has 4 heteroatoms. The van der Waals surface area contributed by atoms with Crippen molar-refractivity contribution in [2.24, 2.45) is 5.92 Å². The number of nitrogens with one attached hydrogen (secondary N) is 1. The Morgan fingerprint density at radius 3 is 2.40 bits per heavy atom. The van der Waals surface area contributed by atoms with Crippen molar-refractivity contribution in [3.63, 3.8) is 0 Å². The Labute approximate surface area is 126 Å². The number of quaternary nitrogens is 1. The Morgan fingerprint density at radius 1 is 1.25 bits per heavy atom. The van der Waals surface area contributed by atoms with Gasteiger partial charge in [-0.15, -0.1) is 0 Å². The van der Waals surface area contributed by atoms with Crippen molar-refractivity contribution < 1.29 is 4.90 Å². The van der Waals surface area contributed by atoms with Gasteiger partial charge < -0.3 is 4.90 Å². The minimum absolute atomic E-state index is 0.674. The maximum atomic E-state index is 9.34. The molecular formula is C16H24N3S+. The summed E-state index contributed by atoms with van der Waals surface area (Å²) in [6.07, 6.45) is 2.58. The van der Waals surface area contributed by atoms with Crippen LogP contribution in [0.15, 0.2) is 0 Å². The highest BCUT2D eigenvalue weighted by atomic mass is 32.1. The van der Waals surface area contributed by atoms with Gasteiger partial charge in [0.05, 0.1) is 18.7 Å². The minimum Gasteiger partial charge on any atom is -0.318 e. The Balaban J connectivity index is 2.35. The summed E-state index contributed by atoms with van der Waals surface area (Å²) >= 11 is 5.54. The maximum Gasteiger partial charge on any atom is 0.157 e. The van der Waals surface area contributed by atoms with Crippen LogP contribution in [0.25, 0.3) is 0 Å². The lowest BCUT2D eigenvalue weighted by Crippen LogP contribution is -3.12. The van der Waals surface area contributed by atoms with Crippen molar-refractivity contribution >= 4 is 12.2 Å². The lowest BCUT2D eigenvalue weighted by molar-refractivity contribution is -0.928. The first kappa shape index (κ1) is 15.2. The summed E-state index contributed by atoms with van der Waals surface area (Å²) in [4.78, 5) is 1.58. The van der Waals surface area contributed by atoms with Crippen LogP contribution in [0.3, 0.4) is 0 Å². The number of hydrogen-bond donors (Lipinski definition) is 1. The number of piperidine rings is 1. The van der Waals surface area contributed by atoms with E-state index >= 15 is 0 Å². The van der Waals surface area contributed by atoms with E-state index in [9.17, 15) is 5.26 Å². The van der Waals surface area contributed by atoms with Gasteiger partial charge in [-0.05, 0) is 50.7 Å². The summed E-state index contributed by atoms with van der Waals surface area (Å²) in [5.41, 5.74) is 4.11. The highest BCUT2D eigenvalue weighted by molar-refractivity contribution is 7.71. The van der Waals surface area contributed by atoms with Crippen LogP contribution in [0.1, 0.15) is 42.1 Å². The normalized spacial score (nSPS) is 22.6. The maximum absolute atomic E-state index is 9.34. The van der Waals surface area contributed by atoms with Crippen LogP contribution in [0.5, 0.6) is 0 Å². The number of nitriles is 1. The van der Waals surface area contributed by atoms with Gasteiger partial charge in [-0.3, -0.25) is 4.57 Å². The predicted octanol–water partition coefficient (Wildman–Crippen LogP) is 2.29. The third-order valence-electron chi connectivity index (χ3n) is 4.82. The second kappa shape index (κ2) is 6.07. The summed E-state index contributed by atoms with van der Waals surface area (Å²) < 4.78 is 2.88. The first-order valence-corrected chi connectivity index (χ1v) is 7.80. The Morgan fingerprint density at radius 2 is 1.85 bits per heavy atom. The summed E-state index contributed by atoms with van der Waals surface area (Å²) in [5, 5.41) is 9.34. The number of rotatable bonds is 2. The minimum atomic E-state index is 0.674. The summed E-state index contributed by atoms with van der Waals surface area (Å²) in [6.45, 7) is 11.8. The zero-order valence-electron chi connectivity index (χ0n) is 12.9. The number of likely N-dealkylation sites (tertiary alicyclic amines) is 1. The highest BCUT2D eigenvalue weighted by Crippen LogP contribution is 2.18. The van der Waals surface area contributed by atoms with Crippen LogP contribution in [0.4, 0.5) is 0 Å². The van der Waals surface area contributed by atoms with Gasteiger partial charge in [0.15, 0.2) is 6.67 Å². The smallest absolute Gasteiger partial charge is 0.157 e. The number of hydrogen-bond acceptors (Lipinski definition) is 2. The fraction of sp³-hybridized carbons (Fsp3) is 0.625. The molecule has 1 aromatic heterocycles. The molecular weight excluding hydrogens is 266 g/mol. The quantitative estimate of drug-likeness (QED) is 0.848. The second-order valence-electron chi connectivity index (χ2n) is 6.15. The first-order valence-electron chi connectivity index (χ1n) is 7.40. The van der Waals surface area contributed by atoms with Gasteiger partial charge in [0.1, 0.15) is 10.7 Å². The van der Waals surface area contributed by atoms with E-state index in [-0.39, 0.29) is 0 Å². The Hall–Kier alpha value is -1.18. The van der Waals surface area contributed by atoms with Gasteiger partial charge in [0.2, 0.25) is 0 Å². The number of nitrogens with zero attached hydrogens (tertiary/aromatic N) is 2. The molecule has 0 spiro atoms. The van der Waals surface area contributed by atoms with Crippen LogP contribution in [-0.4, -0.2) is 17.7 Å². The van der Waals surface area contributed by atoms with Gasteiger partial charge in [0.25, 0.3) is 0 Å².